The summed E-state index contributed by atoms with van der Waals surface area (Å²) in [7, 11) is 0. The van der Waals surface area contributed by atoms with Crippen molar-refractivity contribution in [1.29, 1.82) is 0 Å². The van der Waals surface area contributed by atoms with Crippen molar-refractivity contribution in [3.63, 3.8) is 0 Å². The first kappa shape index (κ1) is 16.6. The molecule has 5 nitrogen and oxygen atoms in total. The van der Waals surface area contributed by atoms with Gasteiger partial charge in [-0.15, -0.1) is 0 Å². The van der Waals surface area contributed by atoms with Crippen molar-refractivity contribution in [1.82, 2.24) is 14.9 Å². The second-order valence-electron chi connectivity index (χ2n) is 7.85. The summed E-state index contributed by atoms with van der Waals surface area (Å²) in [6, 6.07) is 17.1. The minimum absolute atomic E-state index is 0.773. The molecule has 0 unspecified atom stereocenters. The van der Waals surface area contributed by atoms with Crippen LogP contribution in [0.1, 0.15) is 18.4 Å². The van der Waals surface area contributed by atoms with Crippen molar-refractivity contribution >= 4 is 22.7 Å². The third-order valence-electron chi connectivity index (χ3n) is 5.74. The number of aromatic nitrogens is 2. The quantitative estimate of drug-likeness (QED) is 0.703. The van der Waals surface area contributed by atoms with E-state index in [0.29, 0.717) is 0 Å². The van der Waals surface area contributed by atoms with Crippen molar-refractivity contribution in [2.24, 2.45) is 5.92 Å². The minimum Gasteiger partial charge on any atom is -0.369 e. The third-order valence-corrected chi connectivity index (χ3v) is 5.74. The van der Waals surface area contributed by atoms with Crippen LogP contribution in [0.3, 0.4) is 0 Å². The maximum Gasteiger partial charge on any atom is 0.201 e. The first-order valence-corrected chi connectivity index (χ1v) is 10.1. The van der Waals surface area contributed by atoms with Gasteiger partial charge < -0.3 is 15.2 Å². The van der Waals surface area contributed by atoms with Crippen LogP contribution in [0.5, 0.6) is 0 Å². The summed E-state index contributed by atoms with van der Waals surface area (Å²) >= 11 is 0. The Balaban J connectivity index is 1.15. The number of nitrogens with one attached hydrogen (secondary N) is 2. The number of para-hydroxylation sites is 2. The van der Waals surface area contributed by atoms with Crippen LogP contribution < -0.4 is 10.2 Å². The number of aromatic amines is 1. The number of piperazine rings is 1. The monoisotopic (exact) mass is 361 g/mol. The fourth-order valence-corrected chi connectivity index (χ4v) is 3.90. The van der Waals surface area contributed by atoms with E-state index >= 15 is 0 Å². The molecule has 3 aromatic rings. The number of fused-ring (bicyclic) bond motifs is 1. The van der Waals surface area contributed by atoms with Crippen molar-refractivity contribution in [3.8, 4) is 0 Å². The number of H-pyrrole nitrogens is 1. The molecule has 2 aliphatic rings. The molecule has 1 saturated carbocycles. The lowest BCUT2D eigenvalue weighted by molar-refractivity contribution is 0.248. The summed E-state index contributed by atoms with van der Waals surface area (Å²) in [6.45, 7) is 6.78. The van der Waals surface area contributed by atoms with Crippen LogP contribution in [0.4, 0.5) is 11.6 Å². The van der Waals surface area contributed by atoms with Crippen LogP contribution in [0.15, 0.2) is 48.5 Å². The van der Waals surface area contributed by atoms with Crippen molar-refractivity contribution < 1.29 is 0 Å². The molecule has 0 atom stereocenters. The summed E-state index contributed by atoms with van der Waals surface area (Å²) < 4.78 is 0. The molecule has 1 aliphatic heterocycles. The molecule has 2 N–H and O–H groups in total. The number of rotatable bonds is 6. The van der Waals surface area contributed by atoms with Gasteiger partial charge in [-0.25, -0.2) is 4.98 Å². The molecule has 2 fully saturated rings. The lowest BCUT2D eigenvalue weighted by Crippen LogP contribution is -2.47. The van der Waals surface area contributed by atoms with Crippen LogP contribution in [0, 0.1) is 5.92 Å². The predicted octanol–water partition coefficient (Wildman–Crippen LogP) is 3.71. The minimum atomic E-state index is 0.773. The first-order valence-electron chi connectivity index (χ1n) is 10.1. The number of imidazole rings is 1. The normalized spacial score (nSPS) is 18.1. The van der Waals surface area contributed by atoms with E-state index in [2.05, 4.69) is 49.4 Å². The molecule has 1 aromatic heterocycles. The molecule has 0 spiro atoms. The third kappa shape index (κ3) is 3.93. The van der Waals surface area contributed by atoms with Crippen LogP contribution in [-0.2, 0) is 6.54 Å². The van der Waals surface area contributed by atoms with E-state index in [-0.39, 0.29) is 0 Å². The van der Waals surface area contributed by atoms with Gasteiger partial charge in [0.25, 0.3) is 0 Å². The zero-order chi connectivity index (χ0) is 18.1. The van der Waals surface area contributed by atoms with Crippen LogP contribution in [-0.4, -0.2) is 47.6 Å². The maximum absolute atomic E-state index is 4.57. The molecular formula is C22H27N5. The van der Waals surface area contributed by atoms with E-state index in [1.807, 2.05) is 24.3 Å². The average molecular weight is 361 g/mol. The van der Waals surface area contributed by atoms with E-state index < -0.39 is 0 Å². The standard InChI is InChI=1S/C22H27N5/c1-2-4-21-20(3-1)24-22(25-21)23-15-17-7-9-19(10-8-17)27-13-11-26(12-14-27)16-18-5-6-18/h1-4,7-10,18H,5-6,11-16H2,(H2,23,24,25). The first-order chi connectivity index (χ1) is 13.3. The van der Waals surface area contributed by atoms with E-state index in [4.69, 9.17) is 0 Å². The van der Waals surface area contributed by atoms with Gasteiger partial charge in [-0.05, 0) is 48.6 Å². The highest BCUT2D eigenvalue weighted by molar-refractivity contribution is 5.77. The largest absolute Gasteiger partial charge is 0.369 e. The highest BCUT2D eigenvalue weighted by atomic mass is 15.3. The Bertz CT molecular complexity index is 855. The van der Waals surface area contributed by atoms with E-state index in [1.54, 1.807) is 0 Å². The van der Waals surface area contributed by atoms with Crippen LogP contribution >= 0.6 is 0 Å². The molecule has 5 rings (SSSR count). The topological polar surface area (TPSA) is 47.2 Å². The van der Waals surface area contributed by atoms with Gasteiger partial charge in [0.05, 0.1) is 11.0 Å². The maximum atomic E-state index is 4.57. The number of anilines is 2. The van der Waals surface area contributed by atoms with Gasteiger partial charge in [0, 0.05) is 45.0 Å². The molecule has 27 heavy (non-hydrogen) atoms. The molecule has 0 radical (unpaired) electrons. The molecule has 1 saturated heterocycles. The van der Waals surface area contributed by atoms with Crippen molar-refractivity contribution in [2.75, 3.05) is 42.9 Å². The number of hydrogen-bond donors (Lipinski definition) is 2. The number of hydrogen-bond acceptors (Lipinski definition) is 4. The zero-order valence-corrected chi connectivity index (χ0v) is 15.7. The van der Waals surface area contributed by atoms with Gasteiger partial charge in [-0.2, -0.15) is 0 Å². The molecular weight excluding hydrogens is 334 g/mol. The van der Waals surface area contributed by atoms with Crippen molar-refractivity contribution in [3.05, 3.63) is 54.1 Å². The second kappa shape index (κ2) is 7.24. The zero-order valence-electron chi connectivity index (χ0n) is 15.7. The Kier molecular flexibility index (Phi) is 4.46. The summed E-state index contributed by atoms with van der Waals surface area (Å²) in [4.78, 5) is 13.0. The SMILES string of the molecule is c1ccc2[nH]c(NCc3ccc(N4CCN(CC5CC5)CC4)cc3)nc2c1. The van der Waals surface area contributed by atoms with Crippen LogP contribution in [0.25, 0.3) is 11.0 Å². The van der Waals surface area contributed by atoms with Crippen molar-refractivity contribution in [2.45, 2.75) is 19.4 Å². The summed E-state index contributed by atoms with van der Waals surface area (Å²) in [5.41, 5.74) is 4.67. The Labute approximate surface area is 160 Å². The fraction of sp³-hybridized carbons (Fsp3) is 0.409. The second-order valence-corrected chi connectivity index (χ2v) is 7.85. The average Bonchev–Trinajstić information content (AvgIpc) is 3.43. The summed E-state index contributed by atoms with van der Waals surface area (Å²) in [5, 5.41) is 3.39. The predicted molar refractivity (Wildman–Crippen MR) is 111 cm³/mol. The lowest BCUT2D eigenvalue weighted by atomic mass is 10.1. The summed E-state index contributed by atoms with van der Waals surface area (Å²) in [6.07, 6.45) is 2.90. The van der Waals surface area contributed by atoms with Gasteiger partial charge in [-0.3, -0.25) is 4.90 Å². The highest BCUT2D eigenvalue weighted by Gasteiger charge is 2.26. The Morgan fingerprint density at radius 3 is 2.48 bits per heavy atom. The van der Waals surface area contributed by atoms with E-state index in [0.717, 1.165) is 42.5 Å². The number of benzene rings is 2. The van der Waals surface area contributed by atoms with Gasteiger partial charge in [0.15, 0.2) is 0 Å². The van der Waals surface area contributed by atoms with Crippen LogP contribution in [0.2, 0.25) is 0 Å². The van der Waals surface area contributed by atoms with E-state index in [1.165, 1.54) is 43.7 Å². The molecule has 140 valence electrons. The Hall–Kier alpha value is -2.53. The summed E-state index contributed by atoms with van der Waals surface area (Å²) in [5.74, 6) is 1.82. The van der Waals surface area contributed by atoms with E-state index in [9.17, 15) is 0 Å². The smallest absolute Gasteiger partial charge is 0.201 e. The number of nitrogens with zero attached hydrogens (tertiary/aromatic N) is 3. The lowest BCUT2D eigenvalue weighted by Gasteiger charge is -2.36. The van der Waals surface area contributed by atoms with Gasteiger partial charge in [-0.1, -0.05) is 24.3 Å². The highest BCUT2D eigenvalue weighted by Crippen LogP contribution is 2.30. The Morgan fingerprint density at radius 1 is 0.963 bits per heavy atom. The molecule has 0 amide bonds. The fourth-order valence-electron chi connectivity index (χ4n) is 3.90. The molecule has 0 bridgehead atoms. The Morgan fingerprint density at radius 2 is 1.74 bits per heavy atom. The molecule has 1 aliphatic carbocycles. The van der Waals surface area contributed by atoms with Gasteiger partial charge >= 0.3 is 0 Å². The van der Waals surface area contributed by atoms with Gasteiger partial charge in [0.1, 0.15) is 0 Å². The van der Waals surface area contributed by atoms with Gasteiger partial charge in [0.2, 0.25) is 5.95 Å². The molecule has 2 aromatic carbocycles. The molecule has 2 heterocycles. The molecule has 5 heteroatoms.